The molecule has 0 radical (unpaired) electrons. The van der Waals surface area contributed by atoms with Crippen LogP contribution in [0.1, 0.15) is 11.1 Å². The summed E-state index contributed by atoms with van der Waals surface area (Å²) in [6.07, 6.45) is 1.92. The molecule has 2 aromatic carbocycles. The molecule has 3 rings (SSSR count). The summed E-state index contributed by atoms with van der Waals surface area (Å²) in [6.45, 7) is 0.778. The highest BCUT2D eigenvalue weighted by Gasteiger charge is 2.08. The van der Waals surface area contributed by atoms with Gasteiger partial charge in [-0.1, -0.05) is 46.3 Å². The summed E-state index contributed by atoms with van der Waals surface area (Å²) in [5.41, 5.74) is 3.03. The Morgan fingerprint density at radius 3 is 2.63 bits per heavy atom. The number of nitriles is 1. The molecule has 0 saturated heterocycles. The molecule has 0 unspecified atom stereocenters. The molecule has 0 N–H and O–H groups in total. The van der Waals surface area contributed by atoms with Crippen molar-refractivity contribution in [2.45, 2.75) is 6.54 Å². The van der Waals surface area contributed by atoms with E-state index in [1.54, 1.807) is 0 Å². The molecule has 1 aromatic heterocycles. The largest absolute Gasteiger partial charge is 0.342 e. The van der Waals surface area contributed by atoms with Gasteiger partial charge in [-0.2, -0.15) is 5.26 Å². The van der Waals surface area contributed by atoms with Crippen molar-refractivity contribution in [2.75, 3.05) is 0 Å². The SMILES string of the molecule is N#Cc1cn(Cc2ccccc2)c2ccc(Br)cc12. The van der Waals surface area contributed by atoms with Crippen molar-refractivity contribution in [3.8, 4) is 6.07 Å². The molecule has 3 heteroatoms. The molecule has 0 bridgehead atoms. The molecule has 0 atom stereocenters. The number of hydrogen-bond acceptors (Lipinski definition) is 1. The van der Waals surface area contributed by atoms with Gasteiger partial charge in [0.25, 0.3) is 0 Å². The van der Waals surface area contributed by atoms with E-state index in [2.05, 4.69) is 38.7 Å². The van der Waals surface area contributed by atoms with Crippen LogP contribution in [0.2, 0.25) is 0 Å². The fraction of sp³-hybridized carbons (Fsp3) is 0.0625. The summed E-state index contributed by atoms with van der Waals surface area (Å²) in [7, 11) is 0. The first-order chi connectivity index (χ1) is 9.28. The van der Waals surface area contributed by atoms with Crippen LogP contribution in [0.25, 0.3) is 10.9 Å². The molecule has 0 aliphatic carbocycles. The second kappa shape index (κ2) is 4.91. The topological polar surface area (TPSA) is 28.7 Å². The van der Waals surface area contributed by atoms with Gasteiger partial charge in [-0.25, -0.2) is 0 Å². The van der Waals surface area contributed by atoms with E-state index in [-0.39, 0.29) is 0 Å². The average molecular weight is 311 g/mol. The molecular weight excluding hydrogens is 300 g/mol. The summed E-state index contributed by atoms with van der Waals surface area (Å²) in [5.74, 6) is 0. The summed E-state index contributed by atoms with van der Waals surface area (Å²) < 4.78 is 3.12. The predicted molar refractivity (Wildman–Crippen MR) is 79.9 cm³/mol. The Balaban J connectivity index is 2.12. The number of benzene rings is 2. The minimum absolute atomic E-state index is 0.715. The fourth-order valence-corrected chi connectivity index (χ4v) is 2.63. The third-order valence-corrected chi connectivity index (χ3v) is 3.65. The predicted octanol–water partition coefficient (Wildman–Crippen LogP) is 4.32. The quantitative estimate of drug-likeness (QED) is 0.693. The smallest absolute Gasteiger partial charge is 0.101 e. The van der Waals surface area contributed by atoms with Crippen LogP contribution in [0.4, 0.5) is 0 Å². The monoisotopic (exact) mass is 310 g/mol. The summed E-state index contributed by atoms with van der Waals surface area (Å²) in [5, 5.41) is 10.2. The van der Waals surface area contributed by atoms with Gasteiger partial charge in [0, 0.05) is 28.1 Å². The zero-order valence-corrected chi connectivity index (χ0v) is 11.8. The highest BCUT2D eigenvalue weighted by Crippen LogP contribution is 2.25. The van der Waals surface area contributed by atoms with E-state index >= 15 is 0 Å². The van der Waals surface area contributed by atoms with Crippen molar-refractivity contribution < 1.29 is 0 Å². The molecule has 2 nitrogen and oxygen atoms in total. The van der Waals surface area contributed by atoms with Crippen LogP contribution in [-0.4, -0.2) is 4.57 Å². The minimum Gasteiger partial charge on any atom is -0.342 e. The Morgan fingerprint density at radius 1 is 1.11 bits per heavy atom. The van der Waals surface area contributed by atoms with Crippen molar-refractivity contribution in [2.24, 2.45) is 0 Å². The summed E-state index contributed by atoms with van der Waals surface area (Å²) in [6, 6.07) is 18.6. The maximum absolute atomic E-state index is 9.23. The maximum Gasteiger partial charge on any atom is 0.101 e. The van der Waals surface area contributed by atoms with E-state index in [0.717, 1.165) is 21.9 Å². The van der Waals surface area contributed by atoms with Crippen LogP contribution in [0.15, 0.2) is 59.2 Å². The van der Waals surface area contributed by atoms with Crippen molar-refractivity contribution >= 4 is 26.8 Å². The lowest BCUT2D eigenvalue weighted by atomic mass is 10.2. The lowest BCUT2D eigenvalue weighted by molar-refractivity contribution is 0.836. The van der Waals surface area contributed by atoms with E-state index in [1.165, 1.54) is 5.56 Å². The maximum atomic E-state index is 9.23. The highest BCUT2D eigenvalue weighted by molar-refractivity contribution is 9.10. The second-order valence-electron chi connectivity index (χ2n) is 4.43. The molecule has 19 heavy (non-hydrogen) atoms. The molecule has 0 saturated carbocycles. The van der Waals surface area contributed by atoms with Crippen LogP contribution in [0.5, 0.6) is 0 Å². The third-order valence-electron chi connectivity index (χ3n) is 3.16. The van der Waals surface area contributed by atoms with Gasteiger partial charge in [0.15, 0.2) is 0 Å². The number of aromatic nitrogens is 1. The Kier molecular flexibility index (Phi) is 3.10. The second-order valence-corrected chi connectivity index (χ2v) is 5.35. The van der Waals surface area contributed by atoms with Crippen LogP contribution in [0, 0.1) is 11.3 Å². The molecule has 0 aliphatic heterocycles. The molecule has 0 spiro atoms. The van der Waals surface area contributed by atoms with Gasteiger partial charge in [-0.15, -0.1) is 0 Å². The Morgan fingerprint density at radius 2 is 1.89 bits per heavy atom. The van der Waals surface area contributed by atoms with Crippen molar-refractivity contribution in [3.05, 3.63) is 70.3 Å². The minimum atomic E-state index is 0.715. The molecule has 0 aliphatic rings. The first kappa shape index (κ1) is 12.0. The number of halogens is 1. The van der Waals surface area contributed by atoms with Gasteiger partial charge >= 0.3 is 0 Å². The van der Waals surface area contributed by atoms with Crippen molar-refractivity contribution in [1.82, 2.24) is 4.57 Å². The van der Waals surface area contributed by atoms with Crippen LogP contribution < -0.4 is 0 Å². The van der Waals surface area contributed by atoms with Crippen LogP contribution in [0.3, 0.4) is 0 Å². The summed E-state index contributed by atoms with van der Waals surface area (Å²) in [4.78, 5) is 0. The highest BCUT2D eigenvalue weighted by atomic mass is 79.9. The van der Waals surface area contributed by atoms with E-state index in [0.29, 0.717) is 5.56 Å². The normalized spacial score (nSPS) is 10.5. The van der Waals surface area contributed by atoms with Gasteiger partial charge in [-0.05, 0) is 23.8 Å². The molecule has 3 aromatic rings. The van der Waals surface area contributed by atoms with Gasteiger partial charge in [0.05, 0.1) is 5.56 Å². The zero-order chi connectivity index (χ0) is 13.2. The van der Waals surface area contributed by atoms with Crippen LogP contribution >= 0.6 is 15.9 Å². The van der Waals surface area contributed by atoms with E-state index in [9.17, 15) is 5.26 Å². The van der Waals surface area contributed by atoms with Gasteiger partial charge < -0.3 is 4.57 Å². The van der Waals surface area contributed by atoms with Crippen molar-refractivity contribution in [3.63, 3.8) is 0 Å². The molecule has 1 heterocycles. The average Bonchev–Trinajstić information content (AvgIpc) is 2.77. The van der Waals surface area contributed by atoms with Crippen LogP contribution in [-0.2, 0) is 6.54 Å². The van der Waals surface area contributed by atoms with Gasteiger partial charge in [0.2, 0.25) is 0 Å². The Hall–Kier alpha value is -2.05. The first-order valence-corrected chi connectivity index (χ1v) is 6.79. The zero-order valence-electron chi connectivity index (χ0n) is 10.2. The first-order valence-electron chi connectivity index (χ1n) is 6.00. The Bertz CT molecular complexity index is 767. The molecule has 92 valence electrons. The lowest BCUT2D eigenvalue weighted by Crippen LogP contribution is -1.97. The van der Waals surface area contributed by atoms with Crippen molar-refractivity contribution in [1.29, 1.82) is 5.26 Å². The third kappa shape index (κ3) is 2.27. The Labute approximate surface area is 120 Å². The number of hydrogen-bond donors (Lipinski definition) is 0. The lowest BCUT2D eigenvalue weighted by Gasteiger charge is -2.05. The van der Waals surface area contributed by atoms with Gasteiger partial charge in [0.1, 0.15) is 6.07 Å². The van der Waals surface area contributed by atoms with E-state index < -0.39 is 0 Å². The molecule has 0 fully saturated rings. The molecular formula is C16H11BrN2. The van der Waals surface area contributed by atoms with E-state index in [1.807, 2.05) is 42.6 Å². The fourth-order valence-electron chi connectivity index (χ4n) is 2.27. The number of nitrogens with zero attached hydrogens (tertiary/aromatic N) is 2. The summed E-state index contributed by atoms with van der Waals surface area (Å²) >= 11 is 3.45. The standard InChI is InChI=1S/C16H11BrN2/c17-14-6-7-16-15(8-14)13(9-18)11-19(16)10-12-4-2-1-3-5-12/h1-8,11H,10H2. The van der Waals surface area contributed by atoms with Gasteiger partial charge in [-0.3, -0.25) is 0 Å². The van der Waals surface area contributed by atoms with E-state index in [4.69, 9.17) is 0 Å². The number of rotatable bonds is 2. The number of fused-ring (bicyclic) bond motifs is 1. The molecule has 0 amide bonds.